The Balaban J connectivity index is 1.20. The lowest BCUT2D eigenvalue weighted by Crippen LogP contribution is -2.19. The van der Waals surface area contributed by atoms with Crippen LogP contribution in [0.3, 0.4) is 0 Å². The number of methoxy groups -OCH3 is 1. The SMILES string of the molecule is COc1ccc(NC(=O)c2c3c(nc4ccccc24)/C(=C\c2ccc([N+](=O)[O-])cc2)CCC3)cc1OCc1cn2ccccc2n1. The van der Waals surface area contributed by atoms with E-state index in [2.05, 4.69) is 10.3 Å². The normalized spacial score (nSPS) is 13.5. The molecule has 0 unspecified atom stereocenters. The number of aromatic nitrogens is 3. The van der Waals surface area contributed by atoms with Crippen molar-refractivity contribution < 1.29 is 19.2 Å². The molecule has 46 heavy (non-hydrogen) atoms. The Hall–Kier alpha value is -6.03. The number of anilines is 1. The number of amides is 1. The Morgan fingerprint density at radius 3 is 2.63 bits per heavy atom. The average Bonchev–Trinajstić information content (AvgIpc) is 3.50. The second-order valence-electron chi connectivity index (χ2n) is 11.0. The van der Waals surface area contributed by atoms with E-state index in [1.807, 2.05) is 65.3 Å². The monoisotopic (exact) mass is 611 g/mol. The lowest BCUT2D eigenvalue weighted by atomic mass is 9.85. The molecule has 1 amide bonds. The molecule has 0 aliphatic heterocycles. The van der Waals surface area contributed by atoms with Crippen LogP contribution in [0.5, 0.6) is 11.5 Å². The first-order valence-corrected chi connectivity index (χ1v) is 14.9. The highest BCUT2D eigenvalue weighted by atomic mass is 16.6. The van der Waals surface area contributed by atoms with Crippen LogP contribution in [-0.4, -0.2) is 32.3 Å². The predicted octanol–water partition coefficient (Wildman–Crippen LogP) is 7.51. The fraction of sp³-hybridized carbons (Fsp3) is 0.139. The summed E-state index contributed by atoms with van der Waals surface area (Å²) in [5, 5.41) is 15.0. The zero-order valence-electron chi connectivity index (χ0n) is 25.0. The summed E-state index contributed by atoms with van der Waals surface area (Å²) in [5.74, 6) is 0.768. The predicted molar refractivity (Wildman–Crippen MR) is 176 cm³/mol. The maximum atomic E-state index is 14.1. The Kier molecular flexibility index (Phi) is 7.59. The van der Waals surface area contributed by atoms with E-state index in [0.717, 1.165) is 52.0 Å². The van der Waals surface area contributed by atoms with Gasteiger partial charge in [-0.3, -0.25) is 14.9 Å². The van der Waals surface area contributed by atoms with Gasteiger partial charge in [-0.2, -0.15) is 0 Å². The molecule has 0 atom stereocenters. The Morgan fingerprint density at radius 1 is 1.00 bits per heavy atom. The van der Waals surface area contributed by atoms with Crippen molar-refractivity contribution in [1.29, 1.82) is 0 Å². The topological polar surface area (TPSA) is 121 Å². The molecule has 3 heterocycles. The third-order valence-electron chi connectivity index (χ3n) is 8.05. The number of ether oxygens (including phenoxy) is 2. The van der Waals surface area contributed by atoms with E-state index in [4.69, 9.17) is 14.5 Å². The van der Waals surface area contributed by atoms with Crippen molar-refractivity contribution in [3.8, 4) is 11.5 Å². The number of nitro groups is 1. The summed E-state index contributed by atoms with van der Waals surface area (Å²) in [7, 11) is 1.57. The van der Waals surface area contributed by atoms with E-state index in [1.165, 1.54) is 12.1 Å². The maximum absolute atomic E-state index is 14.1. The summed E-state index contributed by atoms with van der Waals surface area (Å²) >= 11 is 0. The van der Waals surface area contributed by atoms with Crippen molar-refractivity contribution in [2.75, 3.05) is 12.4 Å². The summed E-state index contributed by atoms with van der Waals surface area (Å²) in [4.78, 5) is 34.4. The van der Waals surface area contributed by atoms with Crippen LogP contribution in [0.15, 0.2) is 97.3 Å². The lowest BCUT2D eigenvalue weighted by Gasteiger charge is -2.23. The van der Waals surface area contributed by atoms with Gasteiger partial charge in [0.1, 0.15) is 12.3 Å². The van der Waals surface area contributed by atoms with E-state index in [9.17, 15) is 14.9 Å². The van der Waals surface area contributed by atoms with Gasteiger partial charge in [-0.1, -0.05) is 24.3 Å². The molecule has 0 fully saturated rings. The van der Waals surface area contributed by atoms with Gasteiger partial charge in [0, 0.05) is 41.7 Å². The quantitative estimate of drug-likeness (QED) is 0.140. The third-order valence-corrected chi connectivity index (χ3v) is 8.05. The maximum Gasteiger partial charge on any atom is 0.269 e. The molecule has 0 radical (unpaired) electrons. The van der Waals surface area contributed by atoms with Gasteiger partial charge in [0.15, 0.2) is 11.5 Å². The van der Waals surface area contributed by atoms with Crippen LogP contribution in [-0.2, 0) is 13.0 Å². The number of hydrogen-bond acceptors (Lipinski definition) is 7. The summed E-state index contributed by atoms with van der Waals surface area (Å²) < 4.78 is 13.6. The first-order chi connectivity index (χ1) is 22.5. The van der Waals surface area contributed by atoms with Gasteiger partial charge in [0.2, 0.25) is 0 Å². The van der Waals surface area contributed by atoms with Crippen molar-refractivity contribution >= 4 is 45.5 Å². The number of hydrogen-bond donors (Lipinski definition) is 1. The largest absolute Gasteiger partial charge is 0.493 e. The zero-order chi connectivity index (χ0) is 31.6. The molecule has 6 aromatic rings. The number of nitro benzene ring substituents is 1. The summed E-state index contributed by atoms with van der Waals surface area (Å²) in [5.41, 5.74) is 6.97. The summed E-state index contributed by atoms with van der Waals surface area (Å²) in [6.07, 6.45) is 8.16. The number of rotatable bonds is 8. The van der Waals surface area contributed by atoms with Gasteiger partial charge < -0.3 is 19.2 Å². The first kappa shape index (κ1) is 28.7. The van der Waals surface area contributed by atoms with Crippen LogP contribution < -0.4 is 14.8 Å². The number of nitrogens with one attached hydrogen (secondary N) is 1. The average molecular weight is 612 g/mol. The van der Waals surface area contributed by atoms with Gasteiger partial charge in [0.25, 0.3) is 11.6 Å². The zero-order valence-corrected chi connectivity index (χ0v) is 25.0. The number of pyridine rings is 2. The number of imidazole rings is 1. The Morgan fingerprint density at radius 2 is 1.83 bits per heavy atom. The second-order valence-corrected chi connectivity index (χ2v) is 11.0. The number of para-hydroxylation sites is 1. The third kappa shape index (κ3) is 5.63. The summed E-state index contributed by atoms with van der Waals surface area (Å²) in [6.45, 7) is 0.224. The van der Waals surface area contributed by atoms with E-state index < -0.39 is 4.92 Å². The van der Waals surface area contributed by atoms with Crippen molar-refractivity contribution in [1.82, 2.24) is 14.4 Å². The van der Waals surface area contributed by atoms with Gasteiger partial charge in [-0.05, 0) is 84.5 Å². The fourth-order valence-corrected chi connectivity index (χ4v) is 5.90. The summed E-state index contributed by atoms with van der Waals surface area (Å²) in [6, 6.07) is 25.2. The number of non-ortho nitro benzene ring substituents is 1. The van der Waals surface area contributed by atoms with Crippen LogP contribution >= 0.6 is 0 Å². The van der Waals surface area contributed by atoms with Gasteiger partial charge >= 0.3 is 0 Å². The Labute approximate surface area is 264 Å². The molecule has 0 saturated carbocycles. The molecule has 3 aromatic carbocycles. The lowest BCUT2D eigenvalue weighted by molar-refractivity contribution is -0.384. The van der Waals surface area contributed by atoms with Gasteiger partial charge in [-0.25, -0.2) is 9.97 Å². The highest BCUT2D eigenvalue weighted by molar-refractivity contribution is 6.14. The van der Waals surface area contributed by atoms with Crippen LogP contribution in [0.4, 0.5) is 11.4 Å². The molecule has 0 bridgehead atoms. The van der Waals surface area contributed by atoms with Crippen molar-refractivity contribution in [3.05, 3.63) is 136 Å². The molecule has 228 valence electrons. The van der Waals surface area contributed by atoms with E-state index in [-0.39, 0.29) is 18.2 Å². The molecule has 10 heteroatoms. The van der Waals surface area contributed by atoms with Gasteiger partial charge in [0.05, 0.1) is 34.5 Å². The minimum Gasteiger partial charge on any atom is -0.493 e. The minimum absolute atomic E-state index is 0.0385. The molecule has 1 N–H and O–H groups in total. The van der Waals surface area contributed by atoms with E-state index >= 15 is 0 Å². The molecular formula is C36H29N5O5. The van der Waals surface area contributed by atoms with Crippen LogP contribution in [0.25, 0.3) is 28.2 Å². The fourth-order valence-electron chi connectivity index (χ4n) is 5.90. The standard InChI is InChI=1S/C36H29N5O5/c1-45-31-17-14-25(20-32(31)46-22-26-21-40-18-5-4-11-33(40)37-26)38-36(42)34-28-8-2-3-10-30(28)39-35-24(7-6-9-29(34)35)19-23-12-15-27(16-13-23)41(43)44/h2-5,8,10-21H,6-7,9,22H2,1H3,(H,38,42)/b24-19-. The molecule has 10 nitrogen and oxygen atoms in total. The Bertz CT molecular complexity index is 2120. The minimum atomic E-state index is -0.412. The van der Waals surface area contributed by atoms with Crippen LogP contribution in [0, 0.1) is 10.1 Å². The second kappa shape index (κ2) is 12.2. The number of allylic oxidation sites excluding steroid dienone is 1. The highest BCUT2D eigenvalue weighted by Gasteiger charge is 2.25. The van der Waals surface area contributed by atoms with Crippen LogP contribution in [0.1, 0.15) is 45.7 Å². The molecule has 1 aliphatic carbocycles. The number of fused-ring (bicyclic) bond motifs is 3. The molecule has 0 saturated heterocycles. The first-order valence-electron chi connectivity index (χ1n) is 14.9. The van der Waals surface area contributed by atoms with Crippen molar-refractivity contribution in [3.63, 3.8) is 0 Å². The number of carbonyl (C=O) groups is 1. The number of benzene rings is 3. The van der Waals surface area contributed by atoms with Crippen molar-refractivity contribution in [2.45, 2.75) is 25.9 Å². The molecule has 7 rings (SSSR count). The van der Waals surface area contributed by atoms with Gasteiger partial charge in [-0.15, -0.1) is 0 Å². The van der Waals surface area contributed by atoms with Crippen molar-refractivity contribution in [2.24, 2.45) is 0 Å². The van der Waals surface area contributed by atoms with Crippen LogP contribution in [0.2, 0.25) is 0 Å². The molecular weight excluding hydrogens is 582 g/mol. The number of nitrogens with zero attached hydrogens (tertiary/aromatic N) is 4. The smallest absolute Gasteiger partial charge is 0.269 e. The van der Waals surface area contributed by atoms with E-state index in [1.54, 1.807) is 37.4 Å². The molecule has 0 spiro atoms. The number of carbonyl (C=O) groups excluding carboxylic acids is 1. The molecule has 3 aromatic heterocycles. The molecule has 1 aliphatic rings. The highest BCUT2D eigenvalue weighted by Crippen LogP contribution is 2.37. The van der Waals surface area contributed by atoms with E-state index in [0.29, 0.717) is 34.7 Å².